The molecule has 4 nitrogen and oxygen atoms in total. The van der Waals surface area contributed by atoms with Crippen molar-refractivity contribution in [2.75, 3.05) is 0 Å². The number of benzene rings is 1. The Morgan fingerprint density at radius 2 is 1.71 bits per heavy atom. The maximum Gasteiger partial charge on any atom is 0.364 e. The Kier molecular flexibility index (Phi) is 2.50. The molecule has 0 spiro atoms. The summed E-state index contributed by atoms with van der Waals surface area (Å²) in [7, 11) is -2.95. The van der Waals surface area contributed by atoms with Gasteiger partial charge in [-0.15, -0.1) is 0 Å². The highest BCUT2D eigenvalue weighted by molar-refractivity contribution is 8.57. The molecule has 1 heterocycles. The third-order valence-electron chi connectivity index (χ3n) is 2.88. The minimum atomic E-state index is -2.95. The maximum atomic E-state index is 11.4. The van der Waals surface area contributed by atoms with Crippen molar-refractivity contribution in [3.8, 4) is 0 Å². The lowest BCUT2D eigenvalue weighted by Gasteiger charge is -2.24. The number of hydrogen-bond acceptors (Lipinski definition) is 2. The molecule has 0 aliphatic carbocycles. The van der Waals surface area contributed by atoms with E-state index in [1.165, 1.54) is 5.41 Å². The van der Waals surface area contributed by atoms with Gasteiger partial charge in [-0.05, 0) is 42.0 Å². The summed E-state index contributed by atoms with van der Waals surface area (Å²) in [6, 6.07) is 5.16. The fourth-order valence-corrected chi connectivity index (χ4v) is 4.61. The molecule has 0 unspecified atom stereocenters. The van der Waals surface area contributed by atoms with Crippen LogP contribution in [0, 0.1) is 6.92 Å². The lowest BCUT2D eigenvalue weighted by Crippen LogP contribution is -2.15. The molecule has 0 atom stereocenters. The second kappa shape index (κ2) is 3.63. The summed E-state index contributed by atoms with van der Waals surface area (Å²) in [5, 5.41) is 17.5. The molecule has 0 fully saturated rings. The molecule has 90 valence electrons. The molecule has 0 bridgehead atoms. The fourth-order valence-electron chi connectivity index (χ4n) is 2.17. The van der Waals surface area contributed by atoms with Gasteiger partial charge in [0.25, 0.3) is 0 Å². The Morgan fingerprint density at radius 1 is 1.12 bits per heavy atom. The summed E-state index contributed by atoms with van der Waals surface area (Å²) in [6.07, 6.45) is 0. The maximum absolute atomic E-state index is 11.4. The number of carbonyl (C=O) groups is 2. The molecule has 1 aromatic rings. The lowest BCUT2D eigenvalue weighted by atomic mass is 10.0. The zero-order valence-electron chi connectivity index (χ0n) is 9.43. The first-order valence-electron chi connectivity index (χ1n) is 4.99. The topological polar surface area (TPSA) is 74.6 Å². The van der Waals surface area contributed by atoms with E-state index in [-0.39, 0.29) is 0 Å². The number of allylic oxidation sites excluding steroid dienone is 1. The van der Waals surface area contributed by atoms with Crippen LogP contribution in [-0.4, -0.2) is 20.8 Å². The van der Waals surface area contributed by atoms with Crippen LogP contribution in [0.5, 0.6) is 0 Å². The zero-order valence-corrected chi connectivity index (χ0v) is 10.2. The predicted molar refractivity (Wildman–Crippen MR) is 66.7 cm³/mol. The normalized spacial score (nSPS) is 18.1. The summed E-state index contributed by atoms with van der Waals surface area (Å²) in [4.78, 5) is 23.2. The van der Waals surface area contributed by atoms with Crippen molar-refractivity contribution in [1.82, 2.24) is 0 Å². The first-order valence-corrected chi connectivity index (χ1v) is 6.68. The second-order valence-corrected chi connectivity index (χ2v) is 6.63. The van der Waals surface area contributed by atoms with Crippen molar-refractivity contribution >= 4 is 26.2 Å². The van der Waals surface area contributed by atoms with Crippen molar-refractivity contribution in [1.29, 1.82) is 0 Å². The molecule has 0 aromatic heterocycles. The summed E-state index contributed by atoms with van der Waals surface area (Å²) < 4.78 is 0. The van der Waals surface area contributed by atoms with Crippen LogP contribution in [0.1, 0.15) is 18.1 Å². The molecule has 2 N–H and O–H groups in total. The van der Waals surface area contributed by atoms with Crippen LogP contribution in [0.25, 0.3) is 5.57 Å². The van der Waals surface area contributed by atoms with E-state index in [1.54, 1.807) is 19.1 Å². The number of carboxylic acid groups (broad SMARTS) is 2. The SMILES string of the molecule is CC1=CS(C(=O)O)(C(=O)O)c2cccc(C)c21. The highest BCUT2D eigenvalue weighted by Crippen LogP contribution is 2.65. The van der Waals surface area contributed by atoms with E-state index in [4.69, 9.17) is 0 Å². The Morgan fingerprint density at radius 3 is 2.24 bits per heavy atom. The first kappa shape index (κ1) is 11.7. The van der Waals surface area contributed by atoms with Crippen molar-refractivity contribution in [3.63, 3.8) is 0 Å². The van der Waals surface area contributed by atoms with Gasteiger partial charge in [-0.2, -0.15) is 0 Å². The van der Waals surface area contributed by atoms with Gasteiger partial charge >= 0.3 is 10.6 Å². The Balaban J connectivity index is 2.83. The monoisotopic (exact) mass is 252 g/mol. The molecule has 5 heteroatoms. The summed E-state index contributed by atoms with van der Waals surface area (Å²) in [5.41, 5.74) is 2.42. The largest absolute Gasteiger partial charge is 0.473 e. The zero-order chi connectivity index (χ0) is 12.8. The minimum Gasteiger partial charge on any atom is -0.473 e. The third kappa shape index (κ3) is 1.39. The van der Waals surface area contributed by atoms with Crippen LogP contribution in [0.2, 0.25) is 0 Å². The van der Waals surface area contributed by atoms with Gasteiger partial charge in [0.1, 0.15) is 0 Å². The average Bonchev–Trinajstić information content (AvgIpc) is 2.54. The van der Waals surface area contributed by atoms with Crippen molar-refractivity contribution in [3.05, 3.63) is 34.7 Å². The second-order valence-electron chi connectivity index (χ2n) is 3.94. The summed E-state index contributed by atoms with van der Waals surface area (Å²) >= 11 is 0. The number of aryl methyl sites for hydroxylation is 1. The van der Waals surface area contributed by atoms with Gasteiger partial charge in [-0.1, -0.05) is 12.1 Å². The summed E-state index contributed by atoms with van der Waals surface area (Å²) in [5.74, 6) is 0. The van der Waals surface area contributed by atoms with Gasteiger partial charge in [0.2, 0.25) is 0 Å². The quantitative estimate of drug-likeness (QED) is 0.734. The minimum absolute atomic E-state index is 0.426. The highest BCUT2D eigenvalue weighted by atomic mass is 32.3. The molecule has 1 aliphatic heterocycles. The Labute approximate surface area is 99.9 Å². The Bertz CT molecular complexity index is 546. The molecule has 2 rings (SSSR count). The van der Waals surface area contributed by atoms with Gasteiger partial charge in [-0.25, -0.2) is 9.59 Å². The van der Waals surface area contributed by atoms with Crippen molar-refractivity contribution in [2.45, 2.75) is 18.7 Å². The van der Waals surface area contributed by atoms with E-state index >= 15 is 0 Å². The third-order valence-corrected chi connectivity index (χ3v) is 5.72. The highest BCUT2D eigenvalue weighted by Gasteiger charge is 2.46. The van der Waals surface area contributed by atoms with Gasteiger partial charge in [-0.3, -0.25) is 0 Å². The number of fused-ring (bicyclic) bond motifs is 1. The molecular weight excluding hydrogens is 240 g/mol. The predicted octanol–water partition coefficient (Wildman–Crippen LogP) is 3.89. The molecule has 0 saturated carbocycles. The lowest BCUT2D eigenvalue weighted by molar-refractivity contribution is 0.215. The van der Waals surface area contributed by atoms with E-state index in [9.17, 15) is 19.8 Å². The van der Waals surface area contributed by atoms with Crippen LogP contribution in [0.3, 0.4) is 0 Å². The molecule has 0 saturated heterocycles. The first-order chi connectivity index (χ1) is 7.91. The van der Waals surface area contributed by atoms with Crippen LogP contribution >= 0.6 is 10.0 Å². The number of rotatable bonds is 0. The van der Waals surface area contributed by atoms with Gasteiger partial charge in [0.05, 0.1) is 0 Å². The van der Waals surface area contributed by atoms with Crippen LogP contribution in [0.15, 0.2) is 28.5 Å². The number of hydrogen-bond donors (Lipinski definition) is 2. The standard InChI is InChI=1S/C12H12O4S/c1-7-4-3-5-9-10(7)8(2)6-17(9,11(13)14)12(15)16/h3-6H,1-2H3,(H,13,14)(H,15,16). The van der Waals surface area contributed by atoms with Gasteiger partial charge in [0.15, 0.2) is 0 Å². The van der Waals surface area contributed by atoms with E-state index in [2.05, 4.69) is 0 Å². The van der Waals surface area contributed by atoms with Crippen LogP contribution < -0.4 is 0 Å². The van der Waals surface area contributed by atoms with Gasteiger partial charge in [0, 0.05) is 14.9 Å². The molecule has 1 aromatic carbocycles. The van der Waals surface area contributed by atoms with Crippen molar-refractivity contribution in [2.24, 2.45) is 0 Å². The Hall–Kier alpha value is -1.75. The fraction of sp³-hybridized carbons (Fsp3) is 0.167. The van der Waals surface area contributed by atoms with Gasteiger partial charge < -0.3 is 10.2 Å². The molecular formula is C12H12O4S. The van der Waals surface area contributed by atoms with Crippen LogP contribution in [0.4, 0.5) is 9.59 Å². The molecule has 1 aliphatic rings. The van der Waals surface area contributed by atoms with E-state index in [1.807, 2.05) is 13.0 Å². The van der Waals surface area contributed by atoms with Crippen LogP contribution in [-0.2, 0) is 0 Å². The molecule has 0 radical (unpaired) electrons. The van der Waals surface area contributed by atoms with E-state index in [0.29, 0.717) is 4.90 Å². The smallest absolute Gasteiger partial charge is 0.364 e. The van der Waals surface area contributed by atoms with Crippen molar-refractivity contribution < 1.29 is 19.8 Å². The molecule has 0 amide bonds. The van der Waals surface area contributed by atoms with E-state index in [0.717, 1.165) is 16.7 Å². The van der Waals surface area contributed by atoms with E-state index < -0.39 is 20.6 Å². The summed E-state index contributed by atoms with van der Waals surface area (Å²) in [6.45, 7) is 3.61. The average molecular weight is 252 g/mol. The molecule has 17 heavy (non-hydrogen) atoms.